The highest BCUT2D eigenvalue weighted by atomic mass is 79.9. The summed E-state index contributed by atoms with van der Waals surface area (Å²) in [6.45, 7) is 3.00. The van der Waals surface area contributed by atoms with Crippen molar-refractivity contribution in [3.63, 3.8) is 0 Å². The number of halogens is 1. The maximum Gasteiger partial charge on any atom is 0.250 e. The average molecular weight is 364 g/mol. The molecule has 0 radical (unpaired) electrons. The normalized spacial score (nSPS) is 11.9. The molecule has 0 amide bonds. The quantitative estimate of drug-likeness (QED) is 0.801. The summed E-state index contributed by atoms with van der Waals surface area (Å²) in [5.41, 5.74) is 0.930. The van der Waals surface area contributed by atoms with Crippen molar-refractivity contribution >= 4 is 37.3 Å². The van der Waals surface area contributed by atoms with E-state index >= 15 is 0 Å². The molecule has 0 bridgehead atoms. The summed E-state index contributed by atoms with van der Waals surface area (Å²) in [6.07, 6.45) is 2.58. The maximum atomic E-state index is 11.8. The lowest BCUT2D eigenvalue weighted by Gasteiger charge is -2.04. The molecule has 5 nitrogen and oxygen atoms in total. The van der Waals surface area contributed by atoms with E-state index < -0.39 is 10.0 Å². The second-order valence-electron chi connectivity index (χ2n) is 4.01. The van der Waals surface area contributed by atoms with Crippen LogP contribution in [0.4, 0.5) is 0 Å². The Hall–Kier alpha value is -0.700. The molecule has 2 aromatic rings. The van der Waals surface area contributed by atoms with Crippen molar-refractivity contribution in [1.82, 2.24) is 14.5 Å². The van der Waals surface area contributed by atoms with Crippen LogP contribution in [-0.4, -0.2) is 24.7 Å². The Morgan fingerprint density at radius 1 is 1.53 bits per heavy atom. The summed E-state index contributed by atoms with van der Waals surface area (Å²) in [5.74, 6) is 0. The lowest BCUT2D eigenvalue weighted by molar-refractivity contribution is 0.552. The van der Waals surface area contributed by atoms with Crippen LogP contribution >= 0.6 is 27.3 Å². The number of nitrogens with one attached hydrogen (secondary N) is 1. The summed E-state index contributed by atoms with van der Waals surface area (Å²) in [7, 11) is -3.34. The molecule has 0 fully saturated rings. The van der Waals surface area contributed by atoms with E-state index in [4.69, 9.17) is 0 Å². The fourth-order valence-corrected chi connectivity index (χ4v) is 3.97. The standard InChI is InChI=1S/C11H14BrN3O2S2/c1-9-10(12)8-15(14-9)6-3-5-13-19(16,17)11-4-2-7-18-11/h2,4,7-8,13H,3,5-6H2,1H3. The molecule has 0 spiro atoms. The first-order valence-electron chi connectivity index (χ1n) is 5.72. The van der Waals surface area contributed by atoms with Crippen LogP contribution in [0.15, 0.2) is 32.4 Å². The second kappa shape index (κ2) is 6.17. The van der Waals surface area contributed by atoms with Gasteiger partial charge in [-0.05, 0) is 40.7 Å². The highest BCUT2D eigenvalue weighted by Gasteiger charge is 2.13. The average Bonchev–Trinajstić information content (AvgIpc) is 2.97. The third kappa shape index (κ3) is 3.88. The van der Waals surface area contributed by atoms with Gasteiger partial charge in [0.2, 0.25) is 10.0 Å². The van der Waals surface area contributed by atoms with Crippen LogP contribution in [0.2, 0.25) is 0 Å². The molecule has 0 atom stereocenters. The van der Waals surface area contributed by atoms with Gasteiger partial charge in [0.1, 0.15) is 4.21 Å². The van der Waals surface area contributed by atoms with E-state index in [0.29, 0.717) is 23.7 Å². The minimum atomic E-state index is -3.34. The first-order chi connectivity index (χ1) is 8.99. The van der Waals surface area contributed by atoms with E-state index in [1.165, 1.54) is 11.3 Å². The van der Waals surface area contributed by atoms with Gasteiger partial charge in [-0.2, -0.15) is 5.10 Å². The highest BCUT2D eigenvalue weighted by Crippen LogP contribution is 2.15. The van der Waals surface area contributed by atoms with Gasteiger partial charge in [0.15, 0.2) is 0 Å². The Balaban J connectivity index is 1.81. The van der Waals surface area contributed by atoms with E-state index in [1.807, 2.05) is 13.1 Å². The van der Waals surface area contributed by atoms with Crippen LogP contribution in [0.3, 0.4) is 0 Å². The third-order valence-corrected chi connectivity index (χ3v) is 6.14. The number of hydrogen-bond donors (Lipinski definition) is 1. The van der Waals surface area contributed by atoms with Gasteiger partial charge in [-0.15, -0.1) is 11.3 Å². The van der Waals surface area contributed by atoms with E-state index in [9.17, 15) is 8.42 Å². The molecule has 0 saturated carbocycles. The van der Waals surface area contributed by atoms with Crippen LogP contribution in [0.25, 0.3) is 0 Å². The molecule has 2 heterocycles. The monoisotopic (exact) mass is 363 g/mol. The number of sulfonamides is 1. The van der Waals surface area contributed by atoms with Gasteiger partial charge in [-0.25, -0.2) is 13.1 Å². The van der Waals surface area contributed by atoms with Crippen molar-refractivity contribution in [3.05, 3.63) is 33.9 Å². The predicted molar refractivity (Wildman–Crippen MR) is 78.8 cm³/mol. The van der Waals surface area contributed by atoms with E-state index in [-0.39, 0.29) is 0 Å². The Labute approximate surface area is 124 Å². The lowest BCUT2D eigenvalue weighted by Crippen LogP contribution is -2.24. The lowest BCUT2D eigenvalue weighted by atomic mass is 10.4. The molecule has 0 saturated heterocycles. The summed E-state index contributed by atoms with van der Waals surface area (Å²) >= 11 is 4.60. The van der Waals surface area contributed by atoms with Gasteiger partial charge in [0.05, 0.1) is 10.2 Å². The number of thiophene rings is 1. The molecule has 19 heavy (non-hydrogen) atoms. The van der Waals surface area contributed by atoms with E-state index in [0.717, 1.165) is 10.2 Å². The number of aryl methyl sites for hydroxylation is 2. The Kier molecular flexibility index (Phi) is 4.77. The summed E-state index contributed by atoms with van der Waals surface area (Å²) in [4.78, 5) is 0. The Bertz CT molecular complexity index is 615. The predicted octanol–water partition coefficient (Wildman–Crippen LogP) is 2.38. The zero-order chi connectivity index (χ0) is 13.9. The molecule has 0 unspecified atom stereocenters. The molecule has 2 rings (SSSR count). The van der Waals surface area contributed by atoms with Crippen LogP contribution in [0.1, 0.15) is 12.1 Å². The first-order valence-corrected chi connectivity index (χ1v) is 8.87. The van der Waals surface area contributed by atoms with Crippen LogP contribution in [-0.2, 0) is 16.6 Å². The van der Waals surface area contributed by atoms with Crippen molar-refractivity contribution in [3.8, 4) is 0 Å². The summed E-state index contributed by atoms with van der Waals surface area (Å²) in [6, 6.07) is 3.32. The van der Waals surface area contributed by atoms with Crippen LogP contribution < -0.4 is 4.72 Å². The smallest absolute Gasteiger partial charge is 0.250 e. The van der Waals surface area contributed by atoms with Gasteiger partial charge in [0, 0.05) is 19.3 Å². The fraction of sp³-hybridized carbons (Fsp3) is 0.364. The van der Waals surface area contributed by atoms with Gasteiger partial charge in [-0.3, -0.25) is 4.68 Å². The SMILES string of the molecule is Cc1nn(CCCNS(=O)(=O)c2cccs2)cc1Br. The van der Waals surface area contributed by atoms with E-state index in [1.54, 1.807) is 22.2 Å². The highest BCUT2D eigenvalue weighted by molar-refractivity contribution is 9.10. The molecular formula is C11H14BrN3O2S2. The number of aromatic nitrogens is 2. The summed E-state index contributed by atoms with van der Waals surface area (Å²) < 4.78 is 29.4. The largest absolute Gasteiger partial charge is 0.271 e. The molecule has 8 heteroatoms. The molecule has 0 aromatic carbocycles. The Morgan fingerprint density at radius 2 is 2.32 bits per heavy atom. The molecule has 1 N–H and O–H groups in total. The van der Waals surface area contributed by atoms with Gasteiger partial charge in [-0.1, -0.05) is 6.07 Å². The molecule has 0 aliphatic carbocycles. The zero-order valence-electron chi connectivity index (χ0n) is 10.3. The minimum absolute atomic E-state index is 0.352. The van der Waals surface area contributed by atoms with Crippen molar-refractivity contribution in [2.24, 2.45) is 0 Å². The van der Waals surface area contributed by atoms with Crippen molar-refractivity contribution < 1.29 is 8.42 Å². The van der Waals surface area contributed by atoms with Gasteiger partial charge >= 0.3 is 0 Å². The van der Waals surface area contributed by atoms with Crippen molar-refractivity contribution in [1.29, 1.82) is 0 Å². The van der Waals surface area contributed by atoms with Gasteiger partial charge in [0.25, 0.3) is 0 Å². The topological polar surface area (TPSA) is 64.0 Å². The molecule has 104 valence electrons. The number of nitrogens with zero attached hydrogens (tertiary/aromatic N) is 2. The second-order valence-corrected chi connectivity index (χ2v) is 7.80. The third-order valence-electron chi connectivity index (χ3n) is 2.50. The molecule has 0 aliphatic rings. The summed E-state index contributed by atoms with van der Waals surface area (Å²) in [5, 5.41) is 6.04. The van der Waals surface area contributed by atoms with Crippen molar-refractivity contribution in [2.75, 3.05) is 6.54 Å². The fourth-order valence-electron chi connectivity index (χ4n) is 1.54. The van der Waals surface area contributed by atoms with Crippen LogP contribution in [0.5, 0.6) is 0 Å². The van der Waals surface area contributed by atoms with E-state index in [2.05, 4.69) is 25.8 Å². The molecule has 2 aromatic heterocycles. The zero-order valence-corrected chi connectivity index (χ0v) is 13.6. The molecule has 0 aliphatic heterocycles. The first kappa shape index (κ1) is 14.7. The van der Waals surface area contributed by atoms with Crippen molar-refractivity contribution in [2.45, 2.75) is 24.1 Å². The molecular weight excluding hydrogens is 350 g/mol. The minimum Gasteiger partial charge on any atom is -0.271 e. The van der Waals surface area contributed by atoms with Crippen LogP contribution in [0, 0.1) is 6.92 Å². The number of rotatable bonds is 6. The number of hydrogen-bond acceptors (Lipinski definition) is 4. The van der Waals surface area contributed by atoms with Gasteiger partial charge < -0.3 is 0 Å². The maximum absolute atomic E-state index is 11.8. The Morgan fingerprint density at radius 3 is 2.89 bits per heavy atom.